The van der Waals surface area contributed by atoms with E-state index in [9.17, 15) is 4.79 Å². The molecule has 0 aliphatic heterocycles. The zero-order valence-electron chi connectivity index (χ0n) is 12.0. The van der Waals surface area contributed by atoms with Gasteiger partial charge in [0.25, 0.3) is 0 Å². The summed E-state index contributed by atoms with van der Waals surface area (Å²) in [5.74, 6) is 1.02. The molecule has 0 spiro atoms. The van der Waals surface area contributed by atoms with E-state index >= 15 is 0 Å². The Kier molecular flexibility index (Phi) is 4.49. The lowest BCUT2D eigenvalue weighted by Gasteiger charge is -2.08. The molecule has 8 heteroatoms. The highest BCUT2D eigenvalue weighted by atomic mass is 35.5. The second-order valence-electron chi connectivity index (χ2n) is 4.67. The molecule has 2 N–H and O–H groups in total. The molecule has 3 aromatic rings. The van der Waals surface area contributed by atoms with Crippen molar-refractivity contribution >= 4 is 23.4 Å². The Bertz CT molecular complexity index is 788. The van der Waals surface area contributed by atoms with Gasteiger partial charge in [-0.15, -0.1) is 0 Å². The topological polar surface area (TPSA) is 84.7 Å². The standard InChI is InChI=1S/C15H13ClN6O/c16-12-3-1-11(2-4-12)8-18-15(23)21-13-7-14(20-9-19-13)22-6-5-17-10-22/h1-7,9-10H,8H2,(H2,18,19,20,21,23). The van der Waals surface area contributed by atoms with Crippen LogP contribution in [0.2, 0.25) is 5.02 Å². The zero-order valence-corrected chi connectivity index (χ0v) is 12.7. The van der Waals surface area contributed by atoms with Gasteiger partial charge in [0.1, 0.15) is 24.3 Å². The molecule has 0 unspecified atom stereocenters. The summed E-state index contributed by atoms with van der Waals surface area (Å²) in [6, 6.07) is 8.56. The first kappa shape index (κ1) is 15.0. The summed E-state index contributed by atoms with van der Waals surface area (Å²) in [6.07, 6.45) is 6.40. The molecule has 3 rings (SSSR count). The maximum absolute atomic E-state index is 11.9. The molecule has 0 saturated carbocycles. The van der Waals surface area contributed by atoms with Crippen molar-refractivity contribution in [1.82, 2.24) is 24.8 Å². The van der Waals surface area contributed by atoms with Crippen LogP contribution in [0, 0.1) is 0 Å². The van der Waals surface area contributed by atoms with Gasteiger partial charge in [0.2, 0.25) is 0 Å². The smallest absolute Gasteiger partial charge is 0.320 e. The van der Waals surface area contributed by atoms with Gasteiger partial charge in [-0.3, -0.25) is 9.88 Å². The Hall–Kier alpha value is -2.93. The van der Waals surface area contributed by atoms with Crippen molar-refractivity contribution < 1.29 is 4.79 Å². The van der Waals surface area contributed by atoms with E-state index in [1.807, 2.05) is 12.1 Å². The number of anilines is 1. The number of hydrogen-bond acceptors (Lipinski definition) is 4. The minimum atomic E-state index is -0.352. The third kappa shape index (κ3) is 4.04. The number of carbonyl (C=O) groups is 1. The monoisotopic (exact) mass is 328 g/mol. The number of urea groups is 1. The van der Waals surface area contributed by atoms with Gasteiger partial charge in [-0.25, -0.2) is 19.7 Å². The van der Waals surface area contributed by atoms with Crippen LogP contribution in [0.25, 0.3) is 5.82 Å². The number of imidazole rings is 1. The number of aromatic nitrogens is 4. The van der Waals surface area contributed by atoms with Gasteiger partial charge >= 0.3 is 6.03 Å². The zero-order chi connectivity index (χ0) is 16.1. The van der Waals surface area contributed by atoms with E-state index in [0.717, 1.165) is 5.56 Å². The molecule has 2 aromatic heterocycles. The average molecular weight is 329 g/mol. The molecule has 0 aliphatic rings. The van der Waals surface area contributed by atoms with Crippen molar-refractivity contribution in [2.45, 2.75) is 6.54 Å². The summed E-state index contributed by atoms with van der Waals surface area (Å²) in [7, 11) is 0. The largest absolute Gasteiger partial charge is 0.334 e. The van der Waals surface area contributed by atoms with E-state index in [1.54, 1.807) is 41.5 Å². The Morgan fingerprint density at radius 1 is 1.22 bits per heavy atom. The summed E-state index contributed by atoms with van der Waals surface area (Å²) in [5.41, 5.74) is 0.950. The molecule has 2 amide bonds. The van der Waals surface area contributed by atoms with Gasteiger partial charge in [-0.1, -0.05) is 23.7 Å². The molecule has 1 aromatic carbocycles. The molecule has 7 nitrogen and oxygen atoms in total. The van der Waals surface area contributed by atoms with E-state index < -0.39 is 0 Å². The van der Waals surface area contributed by atoms with Gasteiger partial charge in [0, 0.05) is 30.0 Å². The molecule has 0 atom stereocenters. The molecule has 2 heterocycles. The van der Waals surface area contributed by atoms with Gasteiger partial charge in [-0.2, -0.15) is 0 Å². The van der Waals surface area contributed by atoms with Crippen molar-refractivity contribution in [3.63, 3.8) is 0 Å². The predicted octanol–water partition coefficient (Wildman–Crippen LogP) is 2.64. The molecule has 116 valence electrons. The molecule has 0 aliphatic carbocycles. The van der Waals surface area contributed by atoms with Crippen molar-refractivity contribution in [3.05, 3.63) is 66.0 Å². The second-order valence-corrected chi connectivity index (χ2v) is 5.10. The molecular formula is C15H13ClN6O. The number of halogens is 1. The number of nitrogens with one attached hydrogen (secondary N) is 2. The minimum Gasteiger partial charge on any atom is -0.334 e. The van der Waals surface area contributed by atoms with Crippen LogP contribution >= 0.6 is 11.6 Å². The molecule has 0 bridgehead atoms. The number of hydrogen-bond donors (Lipinski definition) is 2. The summed E-state index contributed by atoms with van der Waals surface area (Å²) < 4.78 is 1.72. The number of nitrogens with zero attached hydrogens (tertiary/aromatic N) is 4. The van der Waals surface area contributed by atoms with Crippen LogP contribution in [-0.4, -0.2) is 25.6 Å². The van der Waals surface area contributed by atoms with Crippen molar-refractivity contribution in [1.29, 1.82) is 0 Å². The van der Waals surface area contributed by atoms with Crippen LogP contribution in [0.1, 0.15) is 5.56 Å². The fraction of sp³-hybridized carbons (Fsp3) is 0.0667. The van der Waals surface area contributed by atoms with Gasteiger partial charge in [0.15, 0.2) is 0 Å². The Labute approximate surface area is 137 Å². The number of amides is 2. The van der Waals surface area contributed by atoms with E-state index in [2.05, 4.69) is 25.6 Å². The Balaban J connectivity index is 1.59. The SMILES string of the molecule is O=C(NCc1ccc(Cl)cc1)Nc1cc(-n2ccnc2)ncn1. The Morgan fingerprint density at radius 3 is 2.78 bits per heavy atom. The molecule has 0 radical (unpaired) electrons. The molecule has 23 heavy (non-hydrogen) atoms. The van der Waals surface area contributed by atoms with Crippen molar-refractivity contribution in [2.24, 2.45) is 0 Å². The lowest BCUT2D eigenvalue weighted by molar-refractivity contribution is 0.251. The van der Waals surface area contributed by atoms with Gasteiger partial charge < -0.3 is 5.32 Å². The predicted molar refractivity (Wildman–Crippen MR) is 86.5 cm³/mol. The molecule has 0 saturated heterocycles. The summed E-state index contributed by atoms with van der Waals surface area (Å²) in [5, 5.41) is 6.07. The van der Waals surface area contributed by atoms with Crippen LogP contribution in [-0.2, 0) is 6.54 Å². The highest BCUT2D eigenvalue weighted by molar-refractivity contribution is 6.30. The number of benzene rings is 1. The van der Waals surface area contributed by atoms with Crippen LogP contribution in [0.3, 0.4) is 0 Å². The first-order chi connectivity index (χ1) is 11.2. The molecule has 0 fully saturated rings. The van der Waals surface area contributed by atoms with Gasteiger partial charge in [-0.05, 0) is 17.7 Å². The normalized spacial score (nSPS) is 10.3. The lowest BCUT2D eigenvalue weighted by atomic mass is 10.2. The van der Waals surface area contributed by atoms with Crippen LogP contribution in [0.4, 0.5) is 10.6 Å². The fourth-order valence-corrected chi connectivity index (χ4v) is 2.02. The fourth-order valence-electron chi connectivity index (χ4n) is 1.90. The van der Waals surface area contributed by atoms with Crippen LogP contribution in [0.15, 0.2) is 55.4 Å². The van der Waals surface area contributed by atoms with Crippen LogP contribution in [0.5, 0.6) is 0 Å². The minimum absolute atomic E-state index is 0.352. The Morgan fingerprint density at radius 2 is 2.04 bits per heavy atom. The summed E-state index contributed by atoms with van der Waals surface area (Å²) in [6.45, 7) is 0.391. The van der Waals surface area contributed by atoms with E-state index in [1.165, 1.54) is 6.33 Å². The first-order valence-corrected chi connectivity index (χ1v) is 7.18. The lowest BCUT2D eigenvalue weighted by Crippen LogP contribution is -2.28. The number of carbonyl (C=O) groups excluding carboxylic acids is 1. The van der Waals surface area contributed by atoms with Gasteiger partial charge in [0.05, 0.1) is 0 Å². The third-order valence-electron chi connectivity index (χ3n) is 3.03. The van der Waals surface area contributed by atoms with E-state index in [0.29, 0.717) is 23.2 Å². The summed E-state index contributed by atoms with van der Waals surface area (Å²) in [4.78, 5) is 24.0. The maximum atomic E-state index is 11.9. The highest BCUT2D eigenvalue weighted by Gasteiger charge is 2.05. The highest BCUT2D eigenvalue weighted by Crippen LogP contribution is 2.10. The first-order valence-electron chi connectivity index (χ1n) is 6.80. The maximum Gasteiger partial charge on any atom is 0.320 e. The third-order valence-corrected chi connectivity index (χ3v) is 3.28. The average Bonchev–Trinajstić information content (AvgIpc) is 3.09. The van der Waals surface area contributed by atoms with Crippen molar-refractivity contribution in [2.75, 3.05) is 5.32 Å². The number of rotatable bonds is 4. The van der Waals surface area contributed by atoms with Crippen LogP contribution < -0.4 is 10.6 Å². The van der Waals surface area contributed by atoms with Crippen molar-refractivity contribution in [3.8, 4) is 5.82 Å². The second kappa shape index (κ2) is 6.89. The molecular weight excluding hydrogens is 316 g/mol. The van der Waals surface area contributed by atoms with E-state index in [4.69, 9.17) is 11.6 Å². The van der Waals surface area contributed by atoms with E-state index in [-0.39, 0.29) is 6.03 Å². The quantitative estimate of drug-likeness (QED) is 0.771. The summed E-state index contributed by atoms with van der Waals surface area (Å²) >= 11 is 5.82.